The minimum atomic E-state index is -0.333. The first-order valence-corrected chi connectivity index (χ1v) is 6.95. The Balaban J connectivity index is 2.05. The van der Waals surface area contributed by atoms with Gasteiger partial charge in [-0.05, 0) is 44.5 Å². The van der Waals surface area contributed by atoms with E-state index in [0.29, 0.717) is 0 Å². The van der Waals surface area contributed by atoms with Crippen LogP contribution in [-0.2, 0) is 9.31 Å². The van der Waals surface area contributed by atoms with Gasteiger partial charge in [-0.15, -0.1) is 11.3 Å². The normalized spacial score (nSPS) is 21.7. The van der Waals surface area contributed by atoms with Crippen LogP contribution in [-0.4, -0.2) is 23.3 Å². The fourth-order valence-corrected chi connectivity index (χ4v) is 2.86. The summed E-state index contributed by atoms with van der Waals surface area (Å²) in [5, 5.41) is 3.25. The second-order valence-corrected chi connectivity index (χ2v) is 6.60. The Morgan fingerprint density at radius 3 is 2.44 bits per heavy atom. The monoisotopic (exact) mass is 261 g/mol. The molecule has 0 saturated carbocycles. The lowest BCUT2D eigenvalue weighted by atomic mass is 9.78. The smallest absolute Gasteiger partial charge is 0.399 e. The molecule has 2 aromatic rings. The number of thiophene rings is 1. The molecule has 3 heterocycles. The van der Waals surface area contributed by atoms with E-state index in [-0.39, 0.29) is 18.3 Å². The summed E-state index contributed by atoms with van der Waals surface area (Å²) >= 11 is 1.69. The zero-order valence-electron chi connectivity index (χ0n) is 11.1. The van der Waals surface area contributed by atoms with Crippen LogP contribution >= 0.6 is 11.3 Å². The number of nitrogens with zero attached hydrogens (tertiary/aromatic N) is 1. The van der Waals surface area contributed by atoms with Crippen LogP contribution in [0.2, 0.25) is 0 Å². The van der Waals surface area contributed by atoms with Gasteiger partial charge >= 0.3 is 7.12 Å². The predicted molar refractivity (Wildman–Crippen MR) is 75.3 cm³/mol. The van der Waals surface area contributed by atoms with Crippen molar-refractivity contribution in [1.82, 2.24) is 4.98 Å². The SMILES string of the molecule is CC1(C)OB(c2cncc3sccc23)OC1(C)C. The molecule has 0 aliphatic carbocycles. The maximum Gasteiger partial charge on any atom is 0.497 e. The van der Waals surface area contributed by atoms with Gasteiger partial charge in [0.25, 0.3) is 0 Å². The molecule has 3 rings (SSSR count). The molecule has 0 radical (unpaired) electrons. The van der Waals surface area contributed by atoms with Gasteiger partial charge < -0.3 is 9.31 Å². The van der Waals surface area contributed by atoms with Crippen LogP contribution in [0.5, 0.6) is 0 Å². The largest absolute Gasteiger partial charge is 0.497 e. The van der Waals surface area contributed by atoms with Crippen molar-refractivity contribution in [2.45, 2.75) is 38.9 Å². The first-order chi connectivity index (χ1) is 8.41. The van der Waals surface area contributed by atoms with Gasteiger partial charge in [0.1, 0.15) is 0 Å². The summed E-state index contributed by atoms with van der Waals surface area (Å²) in [5.41, 5.74) is 0.401. The predicted octanol–water partition coefficient (Wildman–Crippen LogP) is 2.60. The number of hydrogen-bond acceptors (Lipinski definition) is 4. The van der Waals surface area contributed by atoms with Crippen molar-refractivity contribution in [3.05, 3.63) is 23.8 Å². The zero-order valence-corrected chi connectivity index (χ0v) is 11.9. The Bertz CT molecular complexity index is 577. The van der Waals surface area contributed by atoms with Crippen LogP contribution in [0.15, 0.2) is 23.8 Å². The molecular formula is C13H16BNO2S. The van der Waals surface area contributed by atoms with Crippen molar-refractivity contribution in [1.29, 1.82) is 0 Å². The number of aromatic nitrogens is 1. The van der Waals surface area contributed by atoms with E-state index in [0.717, 1.165) is 5.46 Å². The molecule has 0 bridgehead atoms. The topological polar surface area (TPSA) is 31.4 Å². The van der Waals surface area contributed by atoms with E-state index >= 15 is 0 Å². The molecule has 5 heteroatoms. The molecule has 1 fully saturated rings. The Kier molecular flexibility index (Phi) is 2.56. The molecule has 0 atom stereocenters. The van der Waals surface area contributed by atoms with Gasteiger partial charge in [0, 0.05) is 17.9 Å². The fraction of sp³-hybridized carbons (Fsp3) is 0.462. The molecule has 18 heavy (non-hydrogen) atoms. The molecule has 94 valence electrons. The summed E-state index contributed by atoms with van der Waals surface area (Å²) in [4.78, 5) is 4.28. The number of fused-ring (bicyclic) bond motifs is 1. The van der Waals surface area contributed by atoms with Crippen LogP contribution in [0.1, 0.15) is 27.7 Å². The van der Waals surface area contributed by atoms with Gasteiger partial charge in [-0.2, -0.15) is 0 Å². The van der Waals surface area contributed by atoms with E-state index in [2.05, 4.69) is 44.1 Å². The van der Waals surface area contributed by atoms with Crippen molar-refractivity contribution < 1.29 is 9.31 Å². The molecule has 1 aliphatic rings. The van der Waals surface area contributed by atoms with E-state index in [1.165, 1.54) is 10.1 Å². The molecule has 0 aromatic carbocycles. The van der Waals surface area contributed by atoms with Gasteiger partial charge in [-0.25, -0.2) is 0 Å². The zero-order chi connectivity index (χ0) is 13.0. The maximum absolute atomic E-state index is 6.07. The average Bonchev–Trinajstić information content (AvgIpc) is 2.81. The Morgan fingerprint density at radius 1 is 1.11 bits per heavy atom. The second kappa shape index (κ2) is 3.79. The van der Waals surface area contributed by atoms with Crippen LogP contribution in [0.4, 0.5) is 0 Å². The number of pyridine rings is 1. The van der Waals surface area contributed by atoms with E-state index in [1.54, 1.807) is 11.3 Å². The minimum Gasteiger partial charge on any atom is -0.399 e. The summed E-state index contributed by atoms with van der Waals surface area (Å²) in [6.07, 6.45) is 3.73. The van der Waals surface area contributed by atoms with Crippen LogP contribution in [0.3, 0.4) is 0 Å². The third-order valence-corrected chi connectivity index (χ3v) is 4.77. The standard InChI is InChI=1S/C13H16BNO2S/c1-12(2)13(3,4)17-14(16-12)10-7-15-8-11-9(10)5-6-18-11/h5-8H,1-4H3. The number of hydrogen-bond donors (Lipinski definition) is 0. The average molecular weight is 261 g/mol. The molecule has 2 aromatic heterocycles. The third-order valence-electron chi connectivity index (χ3n) is 3.92. The lowest BCUT2D eigenvalue weighted by molar-refractivity contribution is 0.00578. The van der Waals surface area contributed by atoms with Gasteiger partial charge in [0.15, 0.2) is 0 Å². The van der Waals surface area contributed by atoms with Gasteiger partial charge in [-0.1, -0.05) is 0 Å². The van der Waals surface area contributed by atoms with Crippen LogP contribution in [0, 0.1) is 0 Å². The van der Waals surface area contributed by atoms with Gasteiger partial charge in [-0.3, -0.25) is 4.98 Å². The lowest BCUT2D eigenvalue weighted by Gasteiger charge is -2.32. The highest BCUT2D eigenvalue weighted by Crippen LogP contribution is 2.37. The molecule has 0 spiro atoms. The summed E-state index contributed by atoms with van der Waals surface area (Å²) in [6, 6.07) is 2.10. The summed E-state index contributed by atoms with van der Waals surface area (Å²) in [7, 11) is -0.333. The van der Waals surface area contributed by atoms with Crippen molar-refractivity contribution in [2.24, 2.45) is 0 Å². The fourth-order valence-electron chi connectivity index (χ4n) is 2.07. The molecule has 0 amide bonds. The number of rotatable bonds is 1. The molecule has 3 nitrogen and oxygen atoms in total. The minimum absolute atomic E-state index is 0.310. The first-order valence-electron chi connectivity index (χ1n) is 6.07. The van der Waals surface area contributed by atoms with Crippen molar-refractivity contribution >= 4 is 34.0 Å². The highest BCUT2D eigenvalue weighted by atomic mass is 32.1. The van der Waals surface area contributed by atoms with Crippen molar-refractivity contribution in [2.75, 3.05) is 0 Å². The Labute approximate surface area is 111 Å². The van der Waals surface area contributed by atoms with E-state index in [1.807, 2.05) is 12.4 Å². The van der Waals surface area contributed by atoms with Gasteiger partial charge in [0.05, 0.1) is 15.9 Å². The molecule has 0 unspecified atom stereocenters. The molecule has 0 N–H and O–H groups in total. The first kappa shape index (κ1) is 12.1. The molecule has 1 saturated heterocycles. The van der Waals surface area contributed by atoms with E-state index < -0.39 is 0 Å². The summed E-state index contributed by atoms with van der Waals surface area (Å²) in [5.74, 6) is 0. The molecule has 1 aliphatic heterocycles. The van der Waals surface area contributed by atoms with E-state index in [4.69, 9.17) is 9.31 Å². The van der Waals surface area contributed by atoms with Crippen molar-refractivity contribution in [3.63, 3.8) is 0 Å². The summed E-state index contributed by atoms with van der Waals surface area (Å²) in [6.45, 7) is 8.25. The Hall–Kier alpha value is -0.905. The van der Waals surface area contributed by atoms with Crippen LogP contribution in [0.25, 0.3) is 10.1 Å². The quantitative estimate of drug-likeness (QED) is 0.739. The highest BCUT2D eigenvalue weighted by Gasteiger charge is 2.52. The van der Waals surface area contributed by atoms with Gasteiger partial charge in [0.2, 0.25) is 0 Å². The lowest BCUT2D eigenvalue weighted by Crippen LogP contribution is -2.41. The summed E-state index contributed by atoms with van der Waals surface area (Å²) < 4.78 is 13.3. The maximum atomic E-state index is 6.07. The van der Waals surface area contributed by atoms with Crippen LogP contribution < -0.4 is 5.46 Å². The van der Waals surface area contributed by atoms with Crippen molar-refractivity contribution in [3.8, 4) is 0 Å². The second-order valence-electron chi connectivity index (χ2n) is 5.65. The van der Waals surface area contributed by atoms with E-state index in [9.17, 15) is 0 Å². The highest BCUT2D eigenvalue weighted by molar-refractivity contribution is 7.17. The Morgan fingerprint density at radius 2 is 1.78 bits per heavy atom. The molecular weight excluding hydrogens is 245 g/mol. The third kappa shape index (κ3) is 1.69.